The zero-order chi connectivity index (χ0) is 13.9. The maximum atomic E-state index is 12.3. The Labute approximate surface area is 110 Å². The fourth-order valence-electron chi connectivity index (χ4n) is 1.07. The minimum absolute atomic E-state index is 0.00816. The van der Waals surface area contributed by atoms with Crippen molar-refractivity contribution >= 4 is 29.2 Å². The minimum Gasteiger partial charge on any atom is -0.491 e. The average molecular weight is 303 g/mol. The van der Waals surface area contributed by atoms with Crippen molar-refractivity contribution in [3.05, 3.63) is 28.2 Å². The van der Waals surface area contributed by atoms with Crippen LogP contribution in [0.25, 0.3) is 0 Å². The van der Waals surface area contributed by atoms with Crippen molar-refractivity contribution in [2.24, 2.45) is 5.92 Å². The van der Waals surface area contributed by atoms with E-state index in [1.54, 1.807) is 0 Å². The minimum atomic E-state index is -4.88. The van der Waals surface area contributed by atoms with Crippen molar-refractivity contribution < 1.29 is 27.8 Å². The fraction of sp³-hybridized carbons (Fsp3) is 0.300. The summed E-state index contributed by atoms with van der Waals surface area (Å²) in [5.74, 6) is -4.67. The molecule has 0 heterocycles. The second-order valence-electron chi connectivity index (χ2n) is 3.32. The van der Waals surface area contributed by atoms with Gasteiger partial charge in [0, 0.05) is 5.02 Å². The molecule has 0 aliphatic carbocycles. The van der Waals surface area contributed by atoms with Gasteiger partial charge in [0.05, 0.1) is 5.02 Å². The van der Waals surface area contributed by atoms with Gasteiger partial charge >= 0.3 is 12.1 Å². The molecule has 1 N–H and O–H groups in total. The molecule has 0 aromatic heterocycles. The molecule has 100 valence electrons. The molecule has 0 saturated carbocycles. The molecule has 3 nitrogen and oxygen atoms in total. The van der Waals surface area contributed by atoms with E-state index in [0.29, 0.717) is 0 Å². The van der Waals surface area contributed by atoms with E-state index in [1.165, 1.54) is 18.2 Å². The normalized spacial score (nSPS) is 13.2. The number of hydrogen-bond acceptors (Lipinski definition) is 2. The van der Waals surface area contributed by atoms with Crippen molar-refractivity contribution in [3.8, 4) is 5.75 Å². The first kappa shape index (κ1) is 14.9. The van der Waals surface area contributed by atoms with Gasteiger partial charge in [-0.1, -0.05) is 23.2 Å². The first-order valence-corrected chi connectivity index (χ1v) is 5.35. The van der Waals surface area contributed by atoms with Crippen molar-refractivity contribution in [3.63, 3.8) is 0 Å². The Hall–Kier alpha value is -1.14. The Bertz CT molecular complexity index is 448. The summed E-state index contributed by atoms with van der Waals surface area (Å²) >= 11 is 11.3. The monoisotopic (exact) mass is 302 g/mol. The van der Waals surface area contributed by atoms with Gasteiger partial charge in [-0.05, 0) is 18.2 Å². The topological polar surface area (TPSA) is 46.5 Å². The summed E-state index contributed by atoms with van der Waals surface area (Å²) in [6.45, 7) is -1.06. The number of halogens is 5. The lowest BCUT2D eigenvalue weighted by molar-refractivity contribution is -0.198. The van der Waals surface area contributed by atoms with Crippen LogP contribution in [0.1, 0.15) is 0 Å². The lowest BCUT2D eigenvalue weighted by Crippen LogP contribution is -2.35. The smallest absolute Gasteiger partial charge is 0.405 e. The summed E-state index contributed by atoms with van der Waals surface area (Å²) in [6, 6.07) is 3.91. The van der Waals surface area contributed by atoms with E-state index >= 15 is 0 Å². The first-order chi connectivity index (χ1) is 8.21. The highest BCUT2D eigenvalue weighted by atomic mass is 35.5. The molecule has 1 aromatic rings. The maximum Gasteiger partial charge on any atom is 0.405 e. The lowest BCUT2D eigenvalue weighted by Gasteiger charge is -2.17. The molecule has 1 unspecified atom stereocenters. The molecule has 0 radical (unpaired) electrons. The summed E-state index contributed by atoms with van der Waals surface area (Å²) in [6.07, 6.45) is -4.88. The second kappa shape index (κ2) is 5.67. The molecule has 0 bridgehead atoms. The standard InChI is InChI=1S/C10H7Cl2F3O3/c11-5-1-2-8(7(12)3-5)18-4-6(9(16)17)10(13,14)15/h1-3,6H,4H2,(H,16,17). The molecule has 0 aliphatic rings. The number of carboxylic acid groups (broad SMARTS) is 1. The average Bonchev–Trinajstić information content (AvgIpc) is 2.18. The fourth-order valence-corrected chi connectivity index (χ4v) is 1.53. The molecule has 18 heavy (non-hydrogen) atoms. The van der Waals surface area contributed by atoms with Gasteiger partial charge < -0.3 is 9.84 Å². The Kier molecular flexibility index (Phi) is 4.70. The van der Waals surface area contributed by atoms with Gasteiger partial charge in [0.2, 0.25) is 0 Å². The van der Waals surface area contributed by atoms with Crippen LogP contribution in [0.3, 0.4) is 0 Å². The van der Waals surface area contributed by atoms with Crippen LogP contribution in [0.4, 0.5) is 13.2 Å². The van der Waals surface area contributed by atoms with Gasteiger partial charge in [-0.15, -0.1) is 0 Å². The van der Waals surface area contributed by atoms with E-state index in [9.17, 15) is 18.0 Å². The van der Waals surface area contributed by atoms with Gasteiger partial charge in [-0.2, -0.15) is 13.2 Å². The summed E-state index contributed by atoms with van der Waals surface area (Å²) in [4.78, 5) is 10.5. The maximum absolute atomic E-state index is 12.3. The van der Waals surface area contributed by atoms with Gasteiger partial charge in [0.25, 0.3) is 0 Å². The number of alkyl halides is 3. The molecular formula is C10H7Cl2F3O3. The van der Waals surface area contributed by atoms with Crippen LogP contribution >= 0.6 is 23.2 Å². The molecule has 1 aromatic carbocycles. The van der Waals surface area contributed by atoms with Gasteiger partial charge in [0.1, 0.15) is 12.4 Å². The number of ether oxygens (including phenoxy) is 1. The quantitative estimate of drug-likeness (QED) is 0.924. The van der Waals surface area contributed by atoms with E-state index in [1.807, 2.05) is 0 Å². The number of aliphatic carboxylic acids is 1. The third kappa shape index (κ3) is 3.96. The molecule has 8 heteroatoms. The van der Waals surface area contributed by atoms with Crippen LogP contribution in [0.2, 0.25) is 10.0 Å². The Morgan fingerprint density at radius 1 is 1.39 bits per heavy atom. The molecule has 1 atom stereocenters. The summed E-state index contributed by atoms with van der Waals surface area (Å²) in [5, 5.41) is 8.74. The predicted octanol–water partition coefficient (Wildman–Crippen LogP) is 3.64. The van der Waals surface area contributed by atoms with E-state index in [0.717, 1.165) is 0 Å². The van der Waals surface area contributed by atoms with Crippen molar-refractivity contribution in [1.29, 1.82) is 0 Å². The summed E-state index contributed by atoms with van der Waals surface area (Å²) in [7, 11) is 0. The Morgan fingerprint density at radius 2 is 2.00 bits per heavy atom. The number of carboxylic acids is 1. The van der Waals surface area contributed by atoms with E-state index in [2.05, 4.69) is 0 Å². The molecule has 0 amide bonds. The first-order valence-electron chi connectivity index (χ1n) is 4.59. The van der Waals surface area contributed by atoms with E-state index in [4.69, 9.17) is 33.0 Å². The van der Waals surface area contributed by atoms with Crippen LogP contribution < -0.4 is 4.74 Å². The highest BCUT2D eigenvalue weighted by Crippen LogP contribution is 2.31. The van der Waals surface area contributed by atoms with Gasteiger partial charge in [-0.3, -0.25) is 4.79 Å². The predicted molar refractivity (Wildman–Crippen MR) is 59.1 cm³/mol. The van der Waals surface area contributed by atoms with Crippen LogP contribution in [0.5, 0.6) is 5.75 Å². The SMILES string of the molecule is O=C(O)C(COc1ccc(Cl)cc1Cl)C(F)(F)F. The van der Waals surface area contributed by atoms with Crippen LogP contribution in [-0.2, 0) is 4.79 Å². The summed E-state index contributed by atoms with van der Waals surface area (Å²) < 4.78 is 41.7. The van der Waals surface area contributed by atoms with E-state index < -0.39 is 24.7 Å². The molecule has 0 spiro atoms. The van der Waals surface area contributed by atoms with E-state index in [-0.39, 0.29) is 15.8 Å². The van der Waals surface area contributed by atoms with Gasteiger partial charge in [0.15, 0.2) is 5.92 Å². The number of benzene rings is 1. The molecular weight excluding hydrogens is 296 g/mol. The van der Waals surface area contributed by atoms with Crippen LogP contribution in [0.15, 0.2) is 18.2 Å². The van der Waals surface area contributed by atoms with Gasteiger partial charge in [-0.25, -0.2) is 0 Å². The Balaban J connectivity index is 2.77. The third-order valence-corrected chi connectivity index (χ3v) is 2.52. The lowest BCUT2D eigenvalue weighted by atomic mass is 10.1. The molecule has 0 fully saturated rings. The Morgan fingerprint density at radius 3 is 2.44 bits per heavy atom. The van der Waals surface area contributed by atoms with Crippen molar-refractivity contribution in [2.75, 3.05) is 6.61 Å². The zero-order valence-corrected chi connectivity index (χ0v) is 10.2. The molecule has 1 rings (SSSR count). The highest BCUT2D eigenvalue weighted by Gasteiger charge is 2.45. The molecule has 0 saturated heterocycles. The number of rotatable bonds is 4. The largest absolute Gasteiger partial charge is 0.491 e. The zero-order valence-electron chi connectivity index (χ0n) is 8.67. The highest BCUT2D eigenvalue weighted by molar-refractivity contribution is 6.35. The summed E-state index contributed by atoms with van der Waals surface area (Å²) in [5.41, 5.74) is 0. The van der Waals surface area contributed by atoms with Crippen LogP contribution in [-0.4, -0.2) is 23.9 Å². The van der Waals surface area contributed by atoms with Crippen molar-refractivity contribution in [1.82, 2.24) is 0 Å². The van der Waals surface area contributed by atoms with Crippen molar-refractivity contribution in [2.45, 2.75) is 6.18 Å². The number of carbonyl (C=O) groups is 1. The second-order valence-corrected chi connectivity index (χ2v) is 4.16. The molecule has 0 aliphatic heterocycles. The van der Waals surface area contributed by atoms with Crippen LogP contribution in [0, 0.1) is 5.92 Å². The third-order valence-electron chi connectivity index (χ3n) is 1.99. The number of hydrogen-bond donors (Lipinski definition) is 1.